The van der Waals surface area contributed by atoms with Crippen molar-refractivity contribution in [3.8, 4) is 0 Å². The van der Waals surface area contributed by atoms with Gasteiger partial charge in [0.1, 0.15) is 60.3 Å². The molecule has 4 aromatic heterocycles. The van der Waals surface area contributed by atoms with E-state index in [9.17, 15) is 24.5 Å². The smallest absolute Gasteiger partial charge is 0.386 e. The van der Waals surface area contributed by atoms with Crippen molar-refractivity contribution >= 4 is 71.5 Å². The number of aliphatic hydroxyl groups excluding tert-OH is 2. The Balaban J connectivity index is 1.22. The Bertz CT molecular complexity index is 1940. The fourth-order valence-corrected chi connectivity index (χ4v) is 8.25. The quantitative estimate of drug-likeness (QED) is 0.0942. The zero-order valence-electron chi connectivity index (χ0n) is 22.4. The minimum Gasteiger partial charge on any atom is -0.387 e. The van der Waals surface area contributed by atoms with Crippen LogP contribution in [0.5, 0.6) is 0 Å². The van der Waals surface area contributed by atoms with Gasteiger partial charge in [0.25, 0.3) is 0 Å². The van der Waals surface area contributed by atoms with E-state index in [1.165, 1.54) is 17.2 Å². The molecule has 7 heterocycles. The molecule has 0 saturated carbocycles. The van der Waals surface area contributed by atoms with Crippen LogP contribution in [0.4, 0.5) is 11.6 Å². The lowest BCUT2D eigenvalue weighted by Crippen LogP contribution is -2.36. The molecule has 3 fully saturated rings. The maximum atomic E-state index is 13.5. The molecule has 45 heavy (non-hydrogen) atoms. The third-order valence-electron chi connectivity index (χ3n) is 7.39. The van der Waals surface area contributed by atoms with E-state index in [1.54, 1.807) is 0 Å². The number of H-pyrrole nitrogens is 1. The Morgan fingerprint density at radius 2 is 1.62 bits per heavy atom. The maximum absolute atomic E-state index is 13.5. The van der Waals surface area contributed by atoms with Gasteiger partial charge in [0, 0.05) is 0 Å². The number of rotatable bonds is 2. The summed E-state index contributed by atoms with van der Waals surface area (Å²) in [6.07, 6.45) is -7.76. The summed E-state index contributed by atoms with van der Waals surface area (Å²) < 4.78 is 50.1. The van der Waals surface area contributed by atoms with Crippen molar-refractivity contribution in [3.63, 3.8) is 0 Å². The monoisotopic (exact) mass is 706 g/mol. The van der Waals surface area contributed by atoms with E-state index in [0.29, 0.717) is 0 Å². The van der Waals surface area contributed by atoms with Gasteiger partial charge in [-0.1, -0.05) is 12.2 Å². The van der Waals surface area contributed by atoms with Gasteiger partial charge in [0.05, 0.1) is 19.5 Å². The number of fused-ring (bicyclic) bond motifs is 5. The molecule has 8 N–H and O–H groups in total. The highest BCUT2D eigenvalue weighted by Gasteiger charge is 2.53. The van der Waals surface area contributed by atoms with Crippen LogP contribution in [0.15, 0.2) is 23.8 Å². The number of aromatic amines is 1. The molecule has 0 aliphatic carbocycles. The zero-order valence-corrected chi connectivity index (χ0v) is 25.9. The number of nitrogen functional groups attached to an aromatic ring is 2. The Kier molecular flexibility index (Phi) is 7.76. The van der Waals surface area contributed by atoms with E-state index in [2.05, 4.69) is 42.2 Å². The van der Waals surface area contributed by atoms with E-state index >= 15 is 0 Å². The minimum absolute atomic E-state index is 0.00668. The molecule has 7 rings (SSSR count). The summed E-state index contributed by atoms with van der Waals surface area (Å²) >= 11 is 9.27. The SMILES string of the molecule is Nc1ncnc2c1ncn2[C@@H]1O[C@@H]2COP(=O)(S)O[C@@H]3[C@H](O)[C@@H](COP(O)(=S)O[C@H]2[C@H]1O)O[C@H]3n1c(=O)[nH]c2c(N)ncnc21. The van der Waals surface area contributed by atoms with Gasteiger partial charge in [-0.05, 0) is 11.8 Å². The number of ether oxygens (including phenoxy) is 2. The molecular weight excluding hydrogens is 682 g/mol. The van der Waals surface area contributed by atoms with E-state index < -0.39 is 81.5 Å². The van der Waals surface area contributed by atoms with Crippen molar-refractivity contribution in [2.75, 3.05) is 24.7 Å². The average Bonchev–Trinajstić information content (AvgIpc) is 3.71. The van der Waals surface area contributed by atoms with Crippen LogP contribution in [0.25, 0.3) is 22.3 Å². The van der Waals surface area contributed by atoms with Gasteiger partial charge in [-0.15, -0.1) is 0 Å². The van der Waals surface area contributed by atoms with Crippen molar-refractivity contribution in [1.29, 1.82) is 0 Å². The van der Waals surface area contributed by atoms with Crippen LogP contribution in [0.2, 0.25) is 0 Å². The number of nitrogens with two attached hydrogens (primary N) is 2. The molecule has 3 saturated heterocycles. The molecule has 4 aromatic rings. The summed E-state index contributed by atoms with van der Waals surface area (Å²) in [5, 5.41) is 22.4. The van der Waals surface area contributed by atoms with Gasteiger partial charge in [0.2, 0.25) is 0 Å². The third kappa shape index (κ3) is 5.46. The summed E-state index contributed by atoms with van der Waals surface area (Å²) in [6.45, 7) is -9.80. The molecule has 0 aromatic carbocycles. The third-order valence-corrected chi connectivity index (χ3v) is 10.6. The van der Waals surface area contributed by atoms with Gasteiger partial charge < -0.3 is 45.6 Å². The highest BCUT2D eigenvalue weighted by atomic mass is 32.7. The summed E-state index contributed by atoms with van der Waals surface area (Å²) in [5.74, 6) is 0.0466. The lowest BCUT2D eigenvalue weighted by molar-refractivity contribution is -0.0596. The standard InChI is InChI=1S/C20H24N10O11P2S2/c21-14-8-16(25-3-23-14)29(5-27-8)18-11(32)12-7(39-18)2-37-43(35,45)41-13-10(31)6(1-36-42(34,44)40-12)38-19(13)30-17-9(28-20(30)33)15(22)24-4-26-17/h3-7,10-13,18-19,31-32H,1-2H2,(H,28,33)(H,34,44)(H,35,45)(H2,21,23,25)(H2,22,24,26)/t6-,7-,10-,11-,12-,13-,18-,19-,42?,43?/m1/s1. The predicted octanol–water partition coefficient (Wildman–Crippen LogP) is -1.29. The second-order valence-corrected chi connectivity index (χ2v) is 15.8. The van der Waals surface area contributed by atoms with Crippen LogP contribution < -0.4 is 17.2 Å². The molecule has 2 unspecified atom stereocenters. The van der Waals surface area contributed by atoms with Crippen molar-refractivity contribution in [2.45, 2.75) is 49.1 Å². The summed E-state index contributed by atoms with van der Waals surface area (Å²) in [6, 6.07) is 0. The fourth-order valence-electron chi connectivity index (χ4n) is 5.34. The maximum Gasteiger partial charge on any atom is 0.386 e. The largest absolute Gasteiger partial charge is 0.387 e. The number of hydrogen-bond acceptors (Lipinski definition) is 18. The average molecular weight is 707 g/mol. The van der Waals surface area contributed by atoms with Crippen molar-refractivity contribution in [3.05, 3.63) is 29.5 Å². The number of imidazole rings is 2. The number of nitrogens with zero attached hydrogens (tertiary/aromatic N) is 7. The Labute approximate surface area is 260 Å². The highest BCUT2D eigenvalue weighted by molar-refractivity contribution is 8.44. The first-order valence-electron chi connectivity index (χ1n) is 13.0. The highest BCUT2D eigenvalue weighted by Crippen LogP contribution is 2.58. The molecule has 21 nitrogen and oxygen atoms in total. The number of nitrogens with one attached hydrogen (secondary N) is 1. The van der Waals surface area contributed by atoms with E-state index in [4.69, 9.17) is 50.8 Å². The molecule has 3 aliphatic rings. The van der Waals surface area contributed by atoms with E-state index in [-0.39, 0.29) is 34.0 Å². The van der Waals surface area contributed by atoms with Crippen LogP contribution >= 0.6 is 25.8 Å². The topological polar surface area (TPSA) is 292 Å². The summed E-state index contributed by atoms with van der Waals surface area (Å²) in [4.78, 5) is 46.5. The molecule has 242 valence electrons. The molecule has 2 bridgehead atoms. The molecular formula is C20H24N10O11P2S2. The predicted molar refractivity (Wildman–Crippen MR) is 157 cm³/mol. The number of aromatic nitrogens is 8. The zero-order chi connectivity index (χ0) is 31.8. The number of thiol groups is 1. The Morgan fingerprint density at radius 1 is 0.933 bits per heavy atom. The van der Waals surface area contributed by atoms with Gasteiger partial charge in [-0.25, -0.2) is 38.8 Å². The number of aliphatic hydroxyl groups is 2. The summed E-state index contributed by atoms with van der Waals surface area (Å²) in [7, 11) is 0. The molecule has 0 radical (unpaired) electrons. The minimum atomic E-state index is -4.41. The second kappa shape index (κ2) is 11.3. The lowest BCUT2D eigenvalue weighted by atomic mass is 10.1. The second-order valence-electron chi connectivity index (χ2n) is 10.1. The van der Waals surface area contributed by atoms with E-state index in [1.807, 2.05) is 0 Å². The Hall–Kier alpha value is -2.63. The first-order chi connectivity index (χ1) is 21.3. The van der Waals surface area contributed by atoms with Gasteiger partial charge in [0.15, 0.2) is 35.4 Å². The Morgan fingerprint density at radius 3 is 2.40 bits per heavy atom. The van der Waals surface area contributed by atoms with Crippen LogP contribution in [0.3, 0.4) is 0 Å². The van der Waals surface area contributed by atoms with Gasteiger partial charge in [-0.3, -0.25) is 18.1 Å². The van der Waals surface area contributed by atoms with Gasteiger partial charge >= 0.3 is 19.2 Å². The van der Waals surface area contributed by atoms with Crippen LogP contribution in [0.1, 0.15) is 12.5 Å². The van der Waals surface area contributed by atoms with Crippen LogP contribution in [-0.2, 0) is 43.9 Å². The van der Waals surface area contributed by atoms with Crippen molar-refractivity contribution in [1.82, 2.24) is 39.0 Å². The van der Waals surface area contributed by atoms with Crippen molar-refractivity contribution in [2.24, 2.45) is 0 Å². The molecule has 10 atom stereocenters. The lowest BCUT2D eigenvalue weighted by Gasteiger charge is -2.27. The first kappa shape index (κ1) is 31.0. The summed E-state index contributed by atoms with van der Waals surface area (Å²) in [5.41, 5.74) is 11.5. The molecule has 3 aliphatic heterocycles. The number of hydrogen-bond donors (Lipinski definition) is 7. The first-order valence-corrected chi connectivity index (χ1v) is 18.2. The fraction of sp³-hybridized carbons (Fsp3) is 0.500. The van der Waals surface area contributed by atoms with Crippen molar-refractivity contribution < 1.29 is 47.2 Å². The van der Waals surface area contributed by atoms with Crippen LogP contribution in [-0.4, -0.2) is 104 Å². The molecule has 0 spiro atoms. The van der Waals surface area contributed by atoms with Gasteiger partial charge in [-0.2, -0.15) is 0 Å². The molecule has 0 amide bonds. The normalized spacial score (nSPS) is 37.7. The van der Waals surface area contributed by atoms with Crippen LogP contribution in [0, 0.1) is 0 Å². The molecule has 25 heteroatoms. The number of anilines is 2. The van der Waals surface area contributed by atoms with E-state index in [0.717, 1.165) is 10.9 Å².